The number of hydrogen-bond donors (Lipinski definition) is 2. The lowest BCUT2D eigenvalue weighted by Gasteiger charge is -2.22. The second-order valence-electron chi connectivity index (χ2n) is 7.78. The Balaban J connectivity index is 1.70. The Morgan fingerprint density at radius 1 is 1.16 bits per heavy atom. The SMILES string of the molecule is CCn1c(SCC(=O)Nc2nc(C)cs2)nnc1[C@@H](NC(=O)c1ccc(C)cc1)C(C)C. The first kappa shape index (κ1) is 23.9. The van der Waals surface area contributed by atoms with E-state index in [1.54, 1.807) is 0 Å². The van der Waals surface area contributed by atoms with E-state index in [1.807, 2.05) is 68.8 Å². The Bertz CT molecular complexity index is 1070. The van der Waals surface area contributed by atoms with Gasteiger partial charge in [0, 0.05) is 17.5 Å². The van der Waals surface area contributed by atoms with Gasteiger partial charge in [0.05, 0.1) is 17.5 Å². The molecule has 3 aromatic rings. The summed E-state index contributed by atoms with van der Waals surface area (Å²) in [6.45, 7) is 10.6. The molecule has 1 atom stereocenters. The first-order chi connectivity index (χ1) is 15.3. The maximum Gasteiger partial charge on any atom is 0.251 e. The van der Waals surface area contributed by atoms with Gasteiger partial charge in [-0.2, -0.15) is 0 Å². The average molecular weight is 473 g/mol. The Hall–Kier alpha value is -2.72. The zero-order valence-corrected chi connectivity index (χ0v) is 20.5. The number of nitrogens with zero attached hydrogens (tertiary/aromatic N) is 4. The van der Waals surface area contributed by atoms with Gasteiger partial charge in [-0.25, -0.2) is 4.98 Å². The number of benzene rings is 1. The van der Waals surface area contributed by atoms with E-state index in [1.165, 1.54) is 23.1 Å². The van der Waals surface area contributed by atoms with Crippen LogP contribution in [0.2, 0.25) is 0 Å². The number of nitrogens with one attached hydrogen (secondary N) is 2. The molecule has 1 aromatic carbocycles. The number of carbonyl (C=O) groups excluding carboxylic acids is 2. The van der Waals surface area contributed by atoms with Gasteiger partial charge in [-0.05, 0) is 38.8 Å². The van der Waals surface area contributed by atoms with Gasteiger partial charge in [0.15, 0.2) is 16.1 Å². The molecule has 32 heavy (non-hydrogen) atoms. The van der Waals surface area contributed by atoms with Crippen LogP contribution in [-0.2, 0) is 11.3 Å². The van der Waals surface area contributed by atoms with Crippen LogP contribution in [0.1, 0.15) is 54.3 Å². The lowest BCUT2D eigenvalue weighted by atomic mass is 10.0. The smallest absolute Gasteiger partial charge is 0.251 e. The van der Waals surface area contributed by atoms with Gasteiger partial charge < -0.3 is 15.2 Å². The highest BCUT2D eigenvalue weighted by Crippen LogP contribution is 2.26. The van der Waals surface area contributed by atoms with Crippen molar-refractivity contribution in [3.8, 4) is 0 Å². The minimum Gasteiger partial charge on any atom is -0.342 e. The van der Waals surface area contributed by atoms with Crippen molar-refractivity contribution < 1.29 is 9.59 Å². The maximum absolute atomic E-state index is 12.8. The molecule has 0 bridgehead atoms. The molecule has 3 rings (SSSR count). The van der Waals surface area contributed by atoms with Crippen LogP contribution in [0.15, 0.2) is 34.8 Å². The predicted octanol–water partition coefficient (Wildman–Crippen LogP) is 4.23. The van der Waals surface area contributed by atoms with Gasteiger partial charge >= 0.3 is 0 Å². The summed E-state index contributed by atoms with van der Waals surface area (Å²) in [5.41, 5.74) is 2.58. The Kier molecular flexibility index (Phi) is 8.03. The minimum atomic E-state index is -0.308. The molecule has 170 valence electrons. The van der Waals surface area contributed by atoms with Crippen LogP contribution in [0.4, 0.5) is 5.13 Å². The van der Waals surface area contributed by atoms with Gasteiger partial charge in [-0.1, -0.05) is 43.3 Å². The number of aromatic nitrogens is 4. The maximum atomic E-state index is 12.8. The highest BCUT2D eigenvalue weighted by molar-refractivity contribution is 7.99. The fraction of sp³-hybridized carbons (Fsp3) is 0.409. The lowest BCUT2D eigenvalue weighted by Crippen LogP contribution is -2.33. The average Bonchev–Trinajstić information content (AvgIpc) is 3.35. The number of carbonyl (C=O) groups is 2. The molecule has 0 saturated carbocycles. The molecule has 2 heterocycles. The Morgan fingerprint density at radius 2 is 1.88 bits per heavy atom. The molecule has 2 N–H and O–H groups in total. The highest BCUT2D eigenvalue weighted by atomic mass is 32.2. The van der Waals surface area contributed by atoms with Crippen LogP contribution in [0.3, 0.4) is 0 Å². The molecule has 0 aliphatic heterocycles. The third-order valence-electron chi connectivity index (χ3n) is 4.80. The summed E-state index contributed by atoms with van der Waals surface area (Å²) >= 11 is 2.71. The molecular weight excluding hydrogens is 444 g/mol. The van der Waals surface area contributed by atoms with E-state index in [9.17, 15) is 9.59 Å². The van der Waals surface area contributed by atoms with E-state index in [2.05, 4.69) is 25.8 Å². The number of rotatable bonds is 9. The van der Waals surface area contributed by atoms with Gasteiger partial charge in [-0.15, -0.1) is 21.5 Å². The molecule has 0 radical (unpaired) electrons. The first-order valence-corrected chi connectivity index (χ1v) is 12.3. The normalized spacial score (nSPS) is 12.1. The predicted molar refractivity (Wildman–Crippen MR) is 128 cm³/mol. The molecule has 0 unspecified atom stereocenters. The molecule has 0 saturated heterocycles. The molecule has 2 amide bonds. The second kappa shape index (κ2) is 10.7. The number of thiazole rings is 1. The Labute approximate surface area is 196 Å². The van der Waals surface area contributed by atoms with Crippen LogP contribution in [0.5, 0.6) is 0 Å². The summed E-state index contributed by atoms with van der Waals surface area (Å²) in [7, 11) is 0. The van der Waals surface area contributed by atoms with Crippen LogP contribution in [0.25, 0.3) is 0 Å². The third-order valence-corrected chi connectivity index (χ3v) is 6.65. The van der Waals surface area contributed by atoms with Gasteiger partial charge in [0.1, 0.15) is 0 Å². The third kappa shape index (κ3) is 5.95. The van der Waals surface area contributed by atoms with E-state index in [-0.39, 0.29) is 29.5 Å². The van der Waals surface area contributed by atoms with Crippen molar-refractivity contribution in [2.24, 2.45) is 5.92 Å². The van der Waals surface area contributed by atoms with Crippen molar-refractivity contribution >= 4 is 40.0 Å². The summed E-state index contributed by atoms with van der Waals surface area (Å²) in [5.74, 6) is 0.680. The molecular formula is C22H28N6O2S2. The monoisotopic (exact) mass is 472 g/mol. The largest absolute Gasteiger partial charge is 0.342 e. The zero-order chi connectivity index (χ0) is 23.3. The van der Waals surface area contributed by atoms with E-state index in [0.717, 1.165) is 11.3 Å². The van der Waals surface area contributed by atoms with Crippen molar-refractivity contribution in [3.63, 3.8) is 0 Å². The van der Waals surface area contributed by atoms with Crippen LogP contribution < -0.4 is 10.6 Å². The van der Waals surface area contributed by atoms with E-state index >= 15 is 0 Å². The molecule has 0 spiro atoms. The quantitative estimate of drug-likeness (QED) is 0.452. The zero-order valence-electron chi connectivity index (χ0n) is 18.9. The highest BCUT2D eigenvalue weighted by Gasteiger charge is 2.26. The molecule has 0 fully saturated rings. The fourth-order valence-electron chi connectivity index (χ4n) is 3.09. The van der Waals surface area contributed by atoms with Crippen molar-refractivity contribution in [2.45, 2.75) is 52.4 Å². The van der Waals surface area contributed by atoms with Crippen LogP contribution in [-0.4, -0.2) is 37.3 Å². The second-order valence-corrected chi connectivity index (χ2v) is 9.58. The number of aryl methyl sites for hydroxylation is 2. The molecule has 0 aliphatic carbocycles. The number of hydrogen-bond acceptors (Lipinski definition) is 7. The summed E-state index contributed by atoms with van der Waals surface area (Å²) in [5, 5.41) is 17.7. The van der Waals surface area contributed by atoms with E-state index < -0.39 is 0 Å². The summed E-state index contributed by atoms with van der Waals surface area (Å²) in [4.78, 5) is 29.3. The van der Waals surface area contributed by atoms with Crippen LogP contribution >= 0.6 is 23.1 Å². The van der Waals surface area contributed by atoms with E-state index in [4.69, 9.17) is 0 Å². The minimum absolute atomic E-state index is 0.105. The summed E-state index contributed by atoms with van der Waals surface area (Å²) in [6.07, 6.45) is 0. The number of amides is 2. The fourth-order valence-corrected chi connectivity index (χ4v) is 4.60. The number of anilines is 1. The summed E-state index contributed by atoms with van der Waals surface area (Å²) in [6, 6.07) is 7.16. The van der Waals surface area contributed by atoms with Crippen molar-refractivity contribution in [2.75, 3.05) is 11.1 Å². The molecule has 2 aromatic heterocycles. The first-order valence-electron chi connectivity index (χ1n) is 10.4. The van der Waals surface area contributed by atoms with Gasteiger partial charge in [0.2, 0.25) is 5.91 Å². The van der Waals surface area contributed by atoms with Crippen molar-refractivity contribution in [1.29, 1.82) is 0 Å². The standard InChI is InChI=1S/C22H28N6O2S2/c1-6-28-19(18(13(2)3)25-20(30)16-9-7-14(4)8-10-16)26-27-22(28)32-12-17(29)24-21-23-15(5)11-31-21/h7-11,13,18H,6,12H2,1-5H3,(H,25,30)(H,23,24,29)/t18-/m0/s1. The van der Waals surface area contributed by atoms with Gasteiger partial charge in [-0.3, -0.25) is 9.59 Å². The van der Waals surface area contributed by atoms with Crippen molar-refractivity contribution in [1.82, 2.24) is 25.1 Å². The molecule has 0 aliphatic rings. The number of thioether (sulfide) groups is 1. The molecule has 8 nitrogen and oxygen atoms in total. The lowest BCUT2D eigenvalue weighted by molar-refractivity contribution is -0.113. The van der Waals surface area contributed by atoms with Crippen molar-refractivity contribution in [3.05, 3.63) is 52.3 Å². The topological polar surface area (TPSA) is 102 Å². The summed E-state index contributed by atoms with van der Waals surface area (Å²) < 4.78 is 1.95. The molecule has 10 heteroatoms. The Morgan fingerprint density at radius 3 is 2.47 bits per heavy atom. The van der Waals surface area contributed by atoms with Gasteiger partial charge in [0.25, 0.3) is 5.91 Å². The van der Waals surface area contributed by atoms with E-state index in [0.29, 0.717) is 28.2 Å². The van der Waals surface area contributed by atoms with Crippen LogP contribution in [0, 0.1) is 19.8 Å².